The third-order valence-corrected chi connectivity index (χ3v) is 4.65. The first-order valence-corrected chi connectivity index (χ1v) is 7.81. The molecule has 0 aliphatic heterocycles. The van der Waals surface area contributed by atoms with E-state index >= 15 is 0 Å². The van der Waals surface area contributed by atoms with Crippen molar-refractivity contribution in [3.63, 3.8) is 0 Å². The number of anilines is 1. The van der Waals surface area contributed by atoms with Gasteiger partial charge in [-0.05, 0) is 37.1 Å². The van der Waals surface area contributed by atoms with E-state index in [1.54, 1.807) is 12.1 Å². The summed E-state index contributed by atoms with van der Waals surface area (Å²) in [7, 11) is 0. The normalized spacial score (nSPS) is 14.5. The number of hydrogen-bond donors (Lipinski definition) is 2. The van der Waals surface area contributed by atoms with Crippen molar-refractivity contribution in [3.8, 4) is 0 Å². The Hall–Kier alpha value is -1.92. The third-order valence-electron chi connectivity index (χ3n) is 3.42. The van der Waals surface area contributed by atoms with Gasteiger partial charge in [0.15, 0.2) is 0 Å². The predicted molar refractivity (Wildman–Crippen MR) is 83.1 cm³/mol. The number of carbonyl (C=O) groups excluding carboxylic acids is 1. The second-order valence-corrected chi connectivity index (χ2v) is 6.53. The Labute approximate surface area is 129 Å². The molecule has 2 N–H and O–H groups in total. The fourth-order valence-electron chi connectivity index (χ4n) is 2.17. The van der Waals surface area contributed by atoms with Gasteiger partial charge in [0.1, 0.15) is 10.7 Å². The molecular formula is C14H11ClN4OS. The zero-order valence-electron chi connectivity index (χ0n) is 10.9. The van der Waals surface area contributed by atoms with Gasteiger partial charge in [-0.3, -0.25) is 10.1 Å². The molecule has 1 fully saturated rings. The number of H-pyrrole nitrogens is 1. The number of fused-ring (bicyclic) bond motifs is 1. The molecular weight excluding hydrogens is 308 g/mol. The Morgan fingerprint density at radius 1 is 1.33 bits per heavy atom. The van der Waals surface area contributed by atoms with E-state index in [9.17, 15) is 4.79 Å². The smallest absolute Gasteiger partial charge is 0.273 e. The van der Waals surface area contributed by atoms with Crippen molar-refractivity contribution in [2.45, 2.75) is 18.8 Å². The average molecular weight is 319 g/mol. The van der Waals surface area contributed by atoms with Gasteiger partial charge in [0.05, 0.1) is 0 Å². The Kier molecular flexibility index (Phi) is 2.94. The minimum absolute atomic E-state index is 0.221. The molecule has 21 heavy (non-hydrogen) atoms. The van der Waals surface area contributed by atoms with E-state index in [-0.39, 0.29) is 5.91 Å². The molecule has 0 spiro atoms. The van der Waals surface area contributed by atoms with Crippen molar-refractivity contribution in [2.24, 2.45) is 0 Å². The summed E-state index contributed by atoms with van der Waals surface area (Å²) in [6.07, 6.45) is 2.34. The summed E-state index contributed by atoms with van der Waals surface area (Å²) >= 11 is 7.39. The molecule has 5 nitrogen and oxygen atoms in total. The second-order valence-electron chi connectivity index (χ2n) is 5.09. The SMILES string of the molecule is O=C(Nc1nnc(C2CC2)s1)c1cc2cc(Cl)ccc2[nH]1. The van der Waals surface area contributed by atoms with Gasteiger partial charge >= 0.3 is 0 Å². The topological polar surface area (TPSA) is 70.7 Å². The first kappa shape index (κ1) is 12.8. The first-order chi connectivity index (χ1) is 10.2. The Morgan fingerprint density at radius 2 is 2.19 bits per heavy atom. The van der Waals surface area contributed by atoms with Crippen LogP contribution in [0.2, 0.25) is 5.02 Å². The number of benzene rings is 1. The molecule has 7 heteroatoms. The summed E-state index contributed by atoms with van der Waals surface area (Å²) < 4.78 is 0. The lowest BCUT2D eigenvalue weighted by Crippen LogP contribution is -2.11. The molecule has 0 unspecified atom stereocenters. The number of aromatic amines is 1. The van der Waals surface area contributed by atoms with Crippen molar-refractivity contribution >= 4 is 44.9 Å². The molecule has 1 saturated carbocycles. The molecule has 1 amide bonds. The summed E-state index contributed by atoms with van der Waals surface area (Å²) in [5, 5.41) is 14.0. The minimum atomic E-state index is -0.221. The van der Waals surface area contributed by atoms with E-state index in [1.165, 1.54) is 24.2 Å². The highest BCUT2D eigenvalue weighted by Crippen LogP contribution is 2.42. The lowest BCUT2D eigenvalue weighted by atomic mass is 10.2. The third kappa shape index (κ3) is 2.52. The highest BCUT2D eigenvalue weighted by atomic mass is 35.5. The number of halogens is 1. The maximum atomic E-state index is 12.2. The largest absolute Gasteiger partial charge is 0.351 e. The number of hydrogen-bond acceptors (Lipinski definition) is 4. The van der Waals surface area contributed by atoms with Crippen LogP contribution in [0.15, 0.2) is 24.3 Å². The van der Waals surface area contributed by atoms with Crippen molar-refractivity contribution in [1.82, 2.24) is 15.2 Å². The summed E-state index contributed by atoms with van der Waals surface area (Å²) in [5.74, 6) is 0.323. The number of carbonyl (C=O) groups is 1. The van der Waals surface area contributed by atoms with Gasteiger partial charge in [-0.2, -0.15) is 0 Å². The summed E-state index contributed by atoms with van der Waals surface area (Å²) in [6, 6.07) is 7.24. The lowest BCUT2D eigenvalue weighted by Gasteiger charge is -1.97. The zero-order valence-corrected chi connectivity index (χ0v) is 12.5. The molecule has 0 atom stereocenters. The molecule has 1 aliphatic rings. The zero-order chi connectivity index (χ0) is 14.4. The second kappa shape index (κ2) is 4.82. The van der Waals surface area contributed by atoms with Crippen LogP contribution in [-0.4, -0.2) is 21.1 Å². The Morgan fingerprint density at radius 3 is 3.00 bits per heavy atom. The van der Waals surface area contributed by atoms with Gasteiger partial charge in [0, 0.05) is 21.8 Å². The molecule has 1 aliphatic carbocycles. The molecule has 1 aromatic carbocycles. The van der Waals surface area contributed by atoms with Crippen LogP contribution in [0.5, 0.6) is 0 Å². The van der Waals surface area contributed by atoms with Crippen molar-refractivity contribution in [1.29, 1.82) is 0 Å². The highest BCUT2D eigenvalue weighted by Gasteiger charge is 2.27. The molecule has 106 valence electrons. The van der Waals surface area contributed by atoms with E-state index in [0.29, 0.717) is 21.8 Å². The van der Waals surface area contributed by atoms with Crippen LogP contribution in [-0.2, 0) is 0 Å². The Bertz CT molecular complexity index is 836. The molecule has 0 bridgehead atoms. The maximum Gasteiger partial charge on any atom is 0.273 e. The molecule has 2 heterocycles. The van der Waals surface area contributed by atoms with E-state index in [2.05, 4.69) is 20.5 Å². The number of rotatable bonds is 3. The summed E-state index contributed by atoms with van der Waals surface area (Å²) in [6.45, 7) is 0. The lowest BCUT2D eigenvalue weighted by molar-refractivity contribution is 0.102. The van der Waals surface area contributed by atoms with Crippen LogP contribution in [0, 0.1) is 0 Å². The van der Waals surface area contributed by atoms with E-state index in [0.717, 1.165) is 15.9 Å². The van der Waals surface area contributed by atoms with Crippen LogP contribution < -0.4 is 5.32 Å². The van der Waals surface area contributed by atoms with Gasteiger partial charge in [0.25, 0.3) is 5.91 Å². The highest BCUT2D eigenvalue weighted by molar-refractivity contribution is 7.15. The molecule has 4 rings (SSSR count). The number of nitrogens with one attached hydrogen (secondary N) is 2. The van der Waals surface area contributed by atoms with Crippen LogP contribution in [0.3, 0.4) is 0 Å². The van der Waals surface area contributed by atoms with E-state index < -0.39 is 0 Å². The monoisotopic (exact) mass is 318 g/mol. The van der Waals surface area contributed by atoms with Gasteiger partial charge < -0.3 is 4.98 Å². The van der Waals surface area contributed by atoms with Gasteiger partial charge in [-0.15, -0.1) is 10.2 Å². The first-order valence-electron chi connectivity index (χ1n) is 6.62. The van der Waals surface area contributed by atoms with Crippen LogP contribution in [0.1, 0.15) is 34.3 Å². The summed E-state index contributed by atoms with van der Waals surface area (Å²) in [5.41, 5.74) is 1.36. The van der Waals surface area contributed by atoms with Crippen molar-refractivity contribution in [3.05, 3.63) is 40.0 Å². The average Bonchev–Trinajstić information content (AvgIpc) is 3.06. The molecule has 2 aromatic heterocycles. The van der Waals surface area contributed by atoms with E-state index in [4.69, 9.17) is 11.6 Å². The maximum absolute atomic E-state index is 12.2. The number of nitrogens with zero attached hydrogens (tertiary/aromatic N) is 2. The van der Waals surface area contributed by atoms with Crippen LogP contribution >= 0.6 is 22.9 Å². The van der Waals surface area contributed by atoms with Crippen molar-refractivity contribution in [2.75, 3.05) is 5.32 Å². The van der Waals surface area contributed by atoms with Gasteiger partial charge in [-0.25, -0.2) is 0 Å². The van der Waals surface area contributed by atoms with Crippen LogP contribution in [0.25, 0.3) is 10.9 Å². The number of aromatic nitrogens is 3. The fourth-order valence-corrected chi connectivity index (χ4v) is 3.26. The fraction of sp³-hybridized carbons (Fsp3) is 0.214. The van der Waals surface area contributed by atoms with E-state index in [1.807, 2.05) is 12.1 Å². The standard InChI is InChI=1S/C14H11ClN4OS/c15-9-3-4-10-8(5-9)6-11(16-10)12(20)17-14-19-18-13(21-14)7-1-2-7/h3-7,16H,1-2H2,(H,17,19,20). The quantitative estimate of drug-likeness (QED) is 0.771. The van der Waals surface area contributed by atoms with Crippen molar-refractivity contribution < 1.29 is 4.79 Å². The molecule has 0 saturated heterocycles. The van der Waals surface area contributed by atoms with Gasteiger partial charge in [0.2, 0.25) is 5.13 Å². The Balaban J connectivity index is 1.57. The molecule has 0 radical (unpaired) electrons. The minimum Gasteiger partial charge on any atom is -0.351 e. The molecule has 3 aromatic rings. The predicted octanol–water partition coefficient (Wildman–Crippen LogP) is 3.80. The van der Waals surface area contributed by atoms with Gasteiger partial charge in [-0.1, -0.05) is 22.9 Å². The summed E-state index contributed by atoms with van der Waals surface area (Å²) in [4.78, 5) is 15.3. The number of amides is 1. The van der Waals surface area contributed by atoms with Crippen LogP contribution in [0.4, 0.5) is 5.13 Å².